The molecule has 2 unspecified atom stereocenters. The van der Waals surface area contributed by atoms with Gasteiger partial charge in [0.2, 0.25) is 0 Å². The fourth-order valence-electron chi connectivity index (χ4n) is 2.00. The molecule has 0 aliphatic rings. The van der Waals surface area contributed by atoms with Crippen LogP contribution in [0.1, 0.15) is 31.9 Å². The van der Waals surface area contributed by atoms with Crippen molar-refractivity contribution in [3.8, 4) is 0 Å². The second-order valence-corrected chi connectivity index (χ2v) is 4.16. The molecule has 0 saturated heterocycles. The van der Waals surface area contributed by atoms with Crippen LogP contribution >= 0.6 is 0 Å². The van der Waals surface area contributed by atoms with Crippen LogP contribution in [0.15, 0.2) is 30.5 Å². The van der Waals surface area contributed by atoms with E-state index in [-0.39, 0.29) is 12.0 Å². The van der Waals surface area contributed by atoms with Crippen molar-refractivity contribution in [1.29, 1.82) is 0 Å². The monoisotopic (exact) mass is 215 g/mol. The van der Waals surface area contributed by atoms with E-state index in [9.17, 15) is 0 Å². The highest BCUT2D eigenvalue weighted by Crippen LogP contribution is 2.21. The van der Waals surface area contributed by atoms with Gasteiger partial charge in [0.1, 0.15) is 0 Å². The molecule has 0 amide bonds. The second-order valence-electron chi connectivity index (χ2n) is 4.16. The van der Waals surface area contributed by atoms with Crippen molar-refractivity contribution < 1.29 is 0 Å². The van der Waals surface area contributed by atoms with E-state index in [0.717, 1.165) is 23.1 Å². The summed E-state index contributed by atoms with van der Waals surface area (Å²) in [6.07, 6.45) is 2.84. The average molecular weight is 215 g/mol. The number of rotatable bonds is 3. The lowest BCUT2D eigenvalue weighted by Gasteiger charge is -2.18. The third-order valence-electron chi connectivity index (χ3n) is 2.92. The van der Waals surface area contributed by atoms with Gasteiger partial charge in [-0.15, -0.1) is 0 Å². The van der Waals surface area contributed by atoms with Crippen molar-refractivity contribution in [3.05, 3.63) is 36.2 Å². The summed E-state index contributed by atoms with van der Waals surface area (Å²) in [6, 6.07) is 8.02. The Morgan fingerprint density at radius 2 is 1.94 bits per heavy atom. The van der Waals surface area contributed by atoms with Gasteiger partial charge >= 0.3 is 0 Å². The van der Waals surface area contributed by atoms with Crippen molar-refractivity contribution >= 4 is 11.0 Å². The van der Waals surface area contributed by atoms with Gasteiger partial charge in [-0.3, -0.25) is 4.98 Å². The molecule has 3 heteroatoms. The Balaban J connectivity index is 2.45. The number of hydrogen-bond donors (Lipinski definition) is 1. The fourth-order valence-corrected chi connectivity index (χ4v) is 2.00. The molecule has 0 radical (unpaired) electrons. The number of nitrogens with two attached hydrogens (primary N) is 1. The number of nitrogens with zero attached hydrogens (tertiary/aromatic N) is 2. The van der Waals surface area contributed by atoms with Gasteiger partial charge in [-0.25, -0.2) is 4.98 Å². The SMILES string of the molecule is CCC(c1cnc2ccccc2n1)C(C)N. The molecule has 3 nitrogen and oxygen atoms in total. The standard InChI is InChI=1S/C13H17N3/c1-3-10(9(2)14)13-8-15-11-6-4-5-7-12(11)16-13/h4-10H,3,14H2,1-2H3. The number of aromatic nitrogens is 2. The first-order valence-corrected chi connectivity index (χ1v) is 5.69. The van der Waals surface area contributed by atoms with Crippen LogP contribution in [0.5, 0.6) is 0 Å². The molecule has 0 saturated carbocycles. The predicted molar refractivity (Wildman–Crippen MR) is 66.2 cm³/mol. The molecule has 2 N–H and O–H groups in total. The highest BCUT2D eigenvalue weighted by molar-refractivity contribution is 5.73. The summed E-state index contributed by atoms with van der Waals surface area (Å²) in [7, 11) is 0. The summed E-state index contributed by atoms with van der Waals surface area (Å²) >= 11 is 0. The van der Waals surface area contributed by atoms with Gasteiger partial charge in [0.15, 0.2) is 0 Å². The van der Waals surface area contributed by atoms with E-state index in [1.807, 2.05) is 37.4 Å². The molecule has 2 atom stereocenters. The molecule has 1 aromatic heterocycles. The second kappa shape index (κ2) is 4.58. The van der Waals surface area contributed by atoms with Crippen LogP contribution in [0.2, 0.25) is 0 Å². The smallest absolute Gasteiger partial charge is 0.0890 e. The molecule has 16 heavy (non-hydrogen) atoms. The quantitative estimate of drug-likeness (QED) is 0.855. The maximum atomic E-state index is 5.96. The summed E-state index contributed by atoms with van der Waals surface area (Å²) in [4.78, 5) is 9.04. The highest BCUT2D eigenvalue weighted by Gasteiger charge is 2.16. The van der Waals surface area contributed by atoms with Gasteiger partial charge < -0.3 is 5.73 Å². The Morgan fingerprint density at radius 1 is 1.25 bits per heavy atom. The Hall–Kier alpha value is -1.48. The topological polar surface area (TPSA) is 51.8 Å². The third-order valence-corrected chi connectivity index (χ3v) is 2.92. The summed E-state index contributed by atoms with van der Waals surface area (Å²) in [5, 5.41) is 0. The average Bonchev–Trinajstić information content (AvgIpc) is 2.29. The lowest BCUT2D eigenvalue weighted by molar-refractivity contribution is 0.540. The number of para-hydroxylation sites is 2. The zero-order valence-electron chi connectivity index (χ0n) is 9.72. The van der Waals surface area contributed by atoms with Crippen molar-refractivity contribution in [1.82, 2.24) is 9.97 Å². The first kappa shape index (κ1) is 11.0. The van der Waals surface area contributed by atoms with Crippen molar-refractivity contribution in [2.45, 2.75) is 32.2 Å². The fraction of sp³-hybridized carbons (Fsp3) is 0.385. The van der Waals surface area contributed by atoms with E-state index >= 15 is 0 Å². The molecular weight excluding hydrogens is 198 g/mol. The zero-order chi connectivity index (χ0) is 11.5. The Kier molecular flexibility index (Phi) is 3.15. The largest absolute Gasteiger partial charge is 0.327 e. The minimum absolute atomic E-state index is 0.112. The van der Waals surface area contributed by atoms with Gasteiger partial charge in [-0.05, 0) is 25.5 Å². The lowest BCUT2D eigenvalue weighted by atomic mass is 9.95. The third kappa shape index (κ3) is 2.04. The maximum Gasteiger partial charge on any atom is 0.0890 e. The molecule has 1 heterocycles. The Labute approximate surface area is 95.7 Å². The van der Waals surface area contributed by atoms with E-state index in [0.29, 0.717) is 0 Å². The highest BCUT2D eigenvalue weighted by atomic mass is 14.8. The molecule has 1 aromatic carbocycles. The number of fused-ring (bicyclic) bond motifs is 1. The van der Waals surface area contributed by atoms with Crippen LogP contribution in [0.4, 0.5) is 0 Å². The van der Waals surface area contributed by atoms with E-state index in [2.05, 4.69) is 16.9 Å². The van der Waals surface area contributed by atoms with E-state index in [4.69, 9.17) is 5.73 Å². The first-order chi connectivity index (χ1) is 7.72. The molecular formula is C13H17N3. The van der Waals surface area contributed by atoms with Gasteiger partial charge in [-0.1, -0.05) is 19.1 Å². The molecule has 84 valence electrons. The maximum absolute atomic E-state index is 5.96. The molecule has 0 aliphatic carbocycles. The number of benzene rings is 1. The normalized spacial score (nSPS) is 14.9. The Bertz CT molecular complexity index is 479. The zero-order valence-corrected chi connectivity index (χ0v) is 9.72. The van der Waals surface area contributed by atoms with Crippen molar-refractivity contribution in [2.24, 2.45) is 5.73 Å². The molecule has 2 rings (SSSR count). The minimum atomic E-state index is 0.112. The van der Waals surface area contributed by atoms with Gasteiger partial charge in [-0.2, -0.15) is 0 Å². The van der Waals surface area contributed by atoms with Crippen LogP contribution in [0.3, 0.4) is 0 Å². The van der Waals surface area contributed by atoms with Crippen molar-refractivity contribution in [2.75, 3.05) is 0 Å². The number of hydrogen-bond acceptors (Lipinski definition) is 3. The van der Waals surface area contributed by atoms with E-state index in [1.165, 1.54) is 0 Å². The van der Waals surface area contributed by atoms with Gasteiger partial charge in [0, 0.05) is 18.2 Å². The van der Waals surface area contributed by atoms with Gasteiger partial charge in [0.05, 0.1) is 16.7 Å². The lowest BCUT2D eigenvalue weighted by Crippen LogP contribution is -2.25. The molecule has 0 aliphatic heterocycles. The van der Waals surface area contributed by atoms with E-state index in [1.54, 1.807) is 0 Å². The predicted octanol–water partition coefficient (Wildman–Crippen LogP) is 2.47. The summed E-state index contributed by atoms with van der Waals surface area (Å²) in [5.74, 6) is 0.289. The summed E-state index contributed by atoms with van der Waals surface area (Å²) in [6.45, 7) is 4.15. The molecule has 2 aromatic rings. The van der Waals surface area contributed by atoms with Crippen LogP contribution in [0.25, 0.3) is 11.0 Å². The summed E-state index contributed by atoms with van der Waals surface area (Å²) < 4.78 is 0. The summed E-state index contributed by atoms with van der Waals surface area (Å²) in [5.41, 5.74) is 8.83. The van der Waals surface area contributed by atoms with Crippen LogP contribution < -0.4 is 5.73 Å². The molecule has 0 bridgehead atoms. The van der Waals surface area contributed by atoms with Gasteiger partial charge in [0.25, 0.3) is 0 Å². The minimum Gasteiger partial charge on any atom is -0.327 e. The Morgan fingerprint density at radius 3 is 2.56 bits per heavy atom. The van der Waals surface area contributed by atoms with Crippen LogP contribution in [-0.2, 0) is 0 Å². The first-order valence-electron chi connectivity index (χ1n) is 5.69. The van der Waals surface area contributed by atoms with E-state index < -0.39 is 0 Å². The molecule has 0 fully saturated rings. The van der Waals surface area contributed by atoms with Crippen LogP contribution in [0, 0.1) is 0 Å². The van der Waals surface area contributed by atoms with Crippen LogP contribution in [-0.4, -0.2) is 16.0 Å². The van der Waals surface area contributed by atoms with Crippen molar-refractivity contribution in [3.63, 3.8) is 0 Å². The molecule has 0 spiro atoms.